The fourth-order valence-electron chi connectivity index (χ4n) is 2.99. The van der Waals surface area contributed by atoms with Gasteiger partial charge in [-0.2, -0.15) is 11.8 Å². The molecular weight excluding hydrogens is 478 g/mol. The van der Waals surface area contributed by atoms with Gasteiger partial charge in [-0.25, -0.2) is 9.78 Å². The standard InChI is InChI=1S/C21H35N7O6S/c1-11(2)17(23)20(32)27-14(6-7-35-3)19(31)26-13(4-5-16(22)29)18(30)28-15(21(33)34)8-12-9-24-10-25-12/h9-11,13-15,17H,4-8,23H2,1-3H3,(H2,22,29)(H,24,25)(H,26,31)(H,27,32)(H,28,30)(H,33,34). The van der Waals surface area contributed by atoms with E-state index in [2.05, 4.69) is 25.9 Å². The molecule has 4 amide bonds. The molecular formula is C21H35N7O6S. The zero-order chi connectivity index (χ0) is 26.5. The molecule has 4 atom stereocenters. The van der Waals surface area contributed by atoms with Gasteiger partial charge in [0.1, 0.15) is 18.1 Å². The van der Waals surface area contributed by atoms with Gasteiger partial charge in [-0.15, -0.1) is 0 Å². The minimum atomic E-state index is -1.31. The van der Waals surface area contributed by atoms with E-state index in [0.29, 0.717) is 11.4 Å². The summed E-state index contributed by atoms with van der Waals surface area (Å²) < 4.78 is 0. The molecule has 0 fully saturated rings. The number of thioether (sulfide) groups is 1. The first kappa shape index (κ1) is 29.9. The van der Waals surface area contributed by atoms with Gasteiger partial charge in [0, 0.05) is 24.7 Å². The second-order valence-electron chi connectivity index (χ2n) is 8.36. The van der Waals surface area contributed by atoms with Crippen LogP contribution in [0.4, 0.5) is 0 Å². The first-order chi connectivity index (χ1) is 16.5. The first-order valence-electron chi connectivity index (χ1n) is 11.1. The number of H-pyrrole nitrogens is 1. The van der Waals surface area contributed by atoms with Crippen LogP contribution >= 0.6 is 11.8 Å². The fourth-order valence-corrected chi connectivity index (χ4v) is 3.46. The summed E-state index contributed by atoms with van der Waals surface area (Å²) in [5.41, 5.74) is 11.6. The molecule has 0 saturated carbocycles. The number of primary amides is 1. The number of carbonyl (C=O) groups excluding carboxylic acids is 4. The maximum atomic E-state index is 13.0. The van der Waals surface area contributed by atoms with Crippen molar-refractivity contribution in [2.24, 2.45) is 17.4 Å². The largest absolute Gasteiger partial charge is 0.480 e. The maximum absolute atomic E-state index is 13.0. The number of aromatic amines is 1. The van der Waals surface area contributed by atoms with Gasteiger partial charge < -0.3 is 37.5 Å². The number of hydrogen-bond acceptors (Lipinski definition) is 8. The molecule has 1 heterocycles. The lowest BCUT2D eigenvalue weighted by Gasteiger charge is -2.25. The second-order valence-corrected chi connectivity index (χ2v) is 9.34. The predicted octanol–water partition coefficient (Wildman–Crippen LogP) is -1.51. The Morgan fingerprint density at radius 1 is 1.03 bits per heavy atom. The first-order valence-corrected chi connectivity index (χ1v) is 12.5. The Labute approximate surface area is 207 Å². The number of nitrogens with one attached hydrogen (secondary N) is 4. The molecule has 0 aliphatic rings. The van der Waals surface area contributed by atoms with Gasteiger partial charge in [0.25, 0.3) is 0 Å². The van der Waals surface area contributed by atoms with Gasteiger partial charge in [0.2, 0.25) is 23.6 Å². The molecule has 1 aromatic rings. The number of nitrogens with two attached hydrogens (primary N) is 2. The highest BCUT2D eigenvalue weighted by Crippen LogP contribution is 2.07. The van der Waals surface area contributed by atoms with Gasteiger partial charge in [-0.1, -0.05) is 13.8 Å². The average Bonchev–Trinajstić information content (AvgIpc) is 3.30. The summed E-state index contributed by atoms with van der Waals surface area (Å²) in [5.74, 6) is -3.58. The highest BCUT2D eigenvalue weighted by atomic mass is 32.2. The van der Waals surface area contributed by atoms with Crippen molar-refractivity contribution in [1.29, 1.82) is 0 Å². The van der Waals surface area contributed by atoms with Gasteiger partial charge >= 0.3 is 5.97 Å². The van der Waals surface area contributed by atoms with E-state index in [1.807, 2.05) is 6.26 Å². The molecule has 0 spiro atoms. The molecule has 35 heavy (non-hydrogen) atoms. The van der Waals surface area contributed by atoms with E-state index in [4.69, 9.17) is 11.5 Å². The van der Waals surface area contributed by atoms with E-state index in [-0.39, 0.29) is 31.6 Å². The second kappa shape index (κ2) is 15.0. The molecule has 0 bridgehead atoms. The number of rotatable bonds is 16. The van der Waals surface area contributed by atoms with Crippen molar-refractivity contribution in [2.75, 3.05) is 12.0 Å². The minimum absolute atomic E-state index is 0.0724. The molecule has 0 saturated heterocycles. The van der Waals surface area contributed by atoms with Crippen molar-refractivity contribution >= 4 is 41.4 Å². The maximum Gasteiger partial charge on any atom is 0.326 e. The Hall–Kier alpha value is -3.13. The third kappa shape index (κ3) is 10.8. The summed E-state index contributed by atoms with van der Waals surface area (Å²) in [5, 5.41) is 17.0. The topological polar surface area (TPSA) is 222 Å². The van der Waals surface area contributed by atoms with Crippen molar-refractivity contribution in [3.05, 3.63) is 18.2 Å². The van der Waals surface area contributed by atoms with E-state index in [9.17, 15) is 29.1 Å². The third-order valence-corrected chi connectivity index (χ3v) is 5.81. The number of amides is 4. The average molecular weight is 514 g/mol. The lowest BCUT2D eigenvalue weighted by atomic mass is 10.0. The number of aromatic nitrogens is 2. The number of imidazole rings is 1. The van der Waals surface area contributed by atoms with Gasteiger partial charge in [-0.3, -0.25) is 19.2 Å². The van der Waals surface area contributed by atoms with E-state index < -0.39 is 53.8 Å². The monoisotopic (exact) mass is 513 g/mol. The molecule has 9 N–H and O–H groups in total. The number of nitrogens with zero attached hydrogens (tertiary/aromatic N) is 1. The summed E-state index contributed by atoms with van der Waals surface area (Å²) in [6, 6.07) is -4.38. The van der Waals surface area contributed by atoms with E-state index in [1.54, 1.807) is 13.8 Å². The van der Waals surface area contributed by atoms with Crippen LogP contribution in [0.25, 0.3) is 0 Å². The molecule has 0 radical (unpaired) electrons. The molecule has 14 heteroatoms. The zero-order valence-electron chi connectivity index (χ0n) is 20.1. The van der Waals surface area contributed by atoms with Crippen LogP contribution in [-0.2, 0) is 30.4 Å². The predicted molar refractivity (Wildman–Crippen MR) is 130 cm³/mol. The lowest BCUT2D eigenvalue weighted by molar-refractivity contribution is -0.142. The third-order valence-electron chi connectivity index (χ3n) is 5.17. The molecule has 1 rings (SSSR count). The Bertz CT molecular complexity index is 864. The fraction of sp³-hybridized carbons (Fsp3) is 0.619. The number of aliphatic carboxylic acids is 1. The molecule has 196 valence electrons. The van der Waals surface area contributed by atoms with Crippen LogP contribution in [0, 0.1) is 5.92 Å². The smallest absolute Gasteiger partial charge is 0.326 e. The van der Waals surface area contributed by atoms with E-state index in [0.717, 1.165) is 0 Å². The Morgan fingerprint density at radius 3 is 2.09 bits per heavy atom. The van der Waals surface area contributed by atoms with Crippen LogP contribution < -0.4 is 27.4 Å². The molecule has 0 aliphatic carbocycles. The summed E-state index contributed by atoms with van der Waals surface area (Å²) in [6.07, 6.45) is 4.46. The lowest BCUT2D eigenvalue weighted by Crippen LogP contribution is -2.58. The highest BCUT2D eigenvalue weighted by Gasteiger charge is 2.31. The van der Waals surface area contributed by atoms with Crippen molar-refractivity contribution < 1.29 is 29.1 Å². The zero-order valence-corrected chi connectivity index (χ0v) is 20.9. The number of hydrogen-bond donors (Lipinski definition) is 7. The summed E-state index contributed by atoms with van der Waals surface area (Å²) in [4.78, 5) is 67.9. The quantitative estimate of drug-likeness (QED) is 0.136. The molecule has 4 unspecified atom stereocenters. The van der Waals surface area contributed by atoms with Crippen LogP contribution in [-0.4, -0.2) is 80.8 Å². The van der Waals surface area contributed by atoms with Crippen LogP contribution in [0.2, 0.25) is 0 Å². The molecule has 0 aromatic carbocycles. The van der Waals surface area contributed by atoms with Crippen molar-refractivity contribution in [3.8, 4) is 0 Å². The normalized spacial score (nSPS) is 14.4. The number of carboxylic acids is 1. The Balaban J connectivity index is 3.00. The van der Waals surface area contributed by atoms with Crippen LogP contribution in [0.15, 0.2) is 12.5 Å². The van der Waals surface area contributed by atoms with Gasteiger partial charge in [-0.05, 0) is 30.8 Å². The molecule has 13 nitrogen and oxygen atoms in total. The van der Waals surface area contributed by atoms with Crippen LogP contribution in [0.1, 0.15) is 38.8 Å². The summed E-state index contributed by atoms with van der Waals surface area (Å²) >= 11 is 1.47. The van der Waals surface area contributed by atoms with E-state index >= 15 is 0 Å². The molecule has 1 aromatic heterocycles. The SMILES string of the molecule is CSCCC(NC(=O)C(N)C(C)C)C(=O)NC(CCC(N)=O)C(=O)NC(Cc1cnc[nH]1)C(=O)O. The number of carboxylic acid groups (broad SMARTS) is 1. The minimum Gasteiger partial charge on any atom is -0.480 e. The van der Waals surface area contributed by atoms with Crippen LogP contribution in [0.5, 0.6) is 0 Å². The van der Waals surface area contributed by atoms with Gasteiger partial charge in [0.05, 0.1) is 12.4 Å². The Morgan fingerprint density at radius 2 is 1.60 bits per heavy atom. The summed E-state index contributed by atoms with van der Waals surface area (Å²) in [7, 11) is 0. The van der Waals surface area contributed by atoms with Crippen molar-refractivity contribution in [2.45, 2.75) is 63.7 Å². The van der Waals surface area contributed by atoms with Crippen molar-refractivity contribution in [1.82, 2.24) is 25.9 Å². The Kier molecular flexibility index (Phi) is 12.8. The highest BCUT2D eigenvalue weighted by molar-refractivity contribution is 7.98. The van der Waals surface area contributed by atoms with Gasteiger partial charge in [0.15, 0.2) is 0 Å². The van der Waals surface area contributed by atoms with Crippen molar-refractivity contribution in [3.63, 3.8) is 0 Å². The molecule has 0 aliphatic heterocycles. The van der Waals surface area contributed by atoms with Crippen LogP contribution in [0.3, 0.4) is 0 Å². The number of carbonyl (C=O) groups is 5. The summed E-state index contributed by atoms with van der Waals surface area (Å²) in [6.45, 7) is 3.54. The van der Waals surface area contributed by atoms with E-state index in [1.165, 1.54) is 24.3 Å².